The molecule has 36 heavy (non-hydrogen) atoms. The van der Waals surface area contributed by atoms with E-state index in [1.807, 2.05) is 0 Å². The molecule has 3 aliphatic rings. The van der Waals surface area contributed by atoms with E-state index in [9.17, 15) is 28.0 Å². The molecule has 3 aliphatic heterocycles. The highest BCUT2D eigenvalue weighted by molar-refractivity contribution is 6.08. The summed E-state index contributed by atoms with van der Waals surface area (Å²) < 4.78 is 32.8. The molecule has 0 aliphatic carbocycles. The third-order valence-electron chi connectivity index (χ3n) is 6.57. The lowest BCUT2D eigenvalue weighted by molar-refractivity contribution is -0.145. The van der Waals surface area contributed by atoms with Crippen molar-refractivity contribution in [1.29, 1.82) is 0 Å². The van der Waals surface area contributed by atoms with Gasteiger partial charge in [0.25, 0.3) is 11.8 Å². The van der Waals surface area contributed by atoms with Gasteiger partial charge in [-0.1, -0.05) is 12.1 Å². The van der Waals surface area contributed by atoms with Gasteiger partial charge in [-0.3, -0.25) is 19.7 Å². The normalized spacial score (nSPS) is 23.3. The predicted molar refractivity (Wildman–Crippen MR) is 122 cm³/mol. The summed E-state index contributed by atoms with van der Waals surface area (Å²) in [5.74, 6) is -2.14. The fraction of sp³-hybridized carbons (Fsp3) is 0.280. The van der Waals surface area contributed by atoms with Gasteiger partial charge in [-0.15, -0.1) is 0 Å². The molecule has 5 amide bonds. The van der Waals surface area contributed by atoms with Gasteiger partial charge in [0.2, 0.25) is 5.91 Å². The highest BCUT2D eigenvalue weighted by Gasteiger charge is 2.55. The van der Waals surface area contributed by atoms with Crippen LogP contribution in [0.1, 0.15) is 17.5 Å². The number of amides is 5. The fourth-order valence-corrected chi connectivity index (χ4v) is 4.68. The second kappa shape index (κ2) is 9.06. The summed E-state index contributed by atoms with van der Waals surface area (Å²) in [4.78, 5) is 53.6. The number of nitrogens with zero attached hydrogens (tertiary/aromatic N) is 2. The molecule has 0 radical (unpaired) electrons. The van der Waals surface area contributed by atoms with Crippen molar-refractivity contribution in [3.63, 3.8) is 0 Å². The van der Waals surface area contributed by atoms with Crippen molar-refractivity contribution >= 4 is 29.8 Å². The molecule has 0 bridgehead atoms. The summed E-state index contributed by atoms with van der Waals surface area (Å²) in [6.45, 7) is 1.07. The molecule has 0 saturated carbocycles. The van der Waals surface area contributed by atoms with Crippen molar-refractivity contribution in [3.8, 4) is 5.75 Å². The molecular formula is C25H22F2N4O5. The first kappa shape index (κ1) is 23.5. The Labute approximate surface area is 204 Å². The van der Waals surface area contributed by atoms with E-state index in [1.54, 1.807) is 23.1 Å². The lowest BCUT2D eigenvalue weighted by atomic mass is 9.81. The molecule has 5 rings (SSSR count). The second-order valence-electron chi connectivity index (χ2n) is 8.80. The number of fused-ring (bicyclic) bond motifs is 2. The summed E-state index contributed by atoms with van der Waals surface area (Å²) >= 11 is 0. The minimum atomic E-state index is -1.62. The van der Waals surface area contributed by atoms with Crippen LogP contribution < -0.4 is 15.4 Å². The van der Waals surface area contributed by atoms with Gasteiger partial charge in [-0.2, -0.15) is 0 Å². The summed E-state index contributed by atoms with van der Waals surface area (Å²) in [7, 11) is 0. The Bertz CT molecular complexity index is 1270. The number of halogens is 2. The van der Waals surface area contributed by atoms with Crippen molar-refractivity contribution in [2.75, 3.05) is 26.2 Å². The van der Waals surface area contributed by atoms with Crippen LogP contribution >= 0.6 is 0 Å². The molecule has 2 aromatic rings. The molecule has 2 fully saturated rings. The summed E-state index contributed by atoms with van der Waals surface area (Å²) in [6, 6.07) is 8.60. The number of carbonyl (C=O) groups is 4. The first-order valence-electron chi connectivity index (χ1n) is 11.4. The molecule has 2 saturated heterocycles. The molecule has 0 unspecified atom stereocenters. The molecule has 3 heterocycles. The highest BCUT2D eigenvalue weighted by Crippen LogP contribution is 2.42. The first-order valence-corrected chi connectivity index (χ1v) is 11.4. The number of carbonyl (C=O) groups excluding carboxylic acids is 4. The predicted octanol–water partition coefficient (Wildman–Crippen LogP) is 1.53. The quantitative estimate of drug-likeness (QED) is 0.495. The van der Waals surface area contributed by atoms with E-state index >= 15 is 0 Å². The Morgan fingerprint density at radius 3 is 2.31 bits per heavy atom. The number of hydrogen-bond acceptors (Lipinski definition) is 5. The van der Waals surface area contributed by atoms with Crippen LogP contribution in [0.15, 0.2) is 48.5 Å². The van der Waals surface area contributed by atoms with Crippen molar-refractivity contribution in [1.82, 2.24) is 20.4 Å². The number of imide groups is 1. The maximum Gasteiger partial charge on any atom is 0.322 e. The van der Waals surface area contributed by atoms with Crippen molar-refractivity contribution in [3.05, 3.63) is 71.3 Å². The molecular weight excluding hydrogens is 474 g/mol. The number of urea groups is 1. The lowest BCUT2D eigenvalue weighted by Crippen LogP contribution is -2.57. The van der Waals surface area contributed by atoms with Crippen molar-refractivity contribution in [2.45, 2.75) is 18.1 Å². The first-order chi connectivity index (χ1) is 17.2. The second-order valence-corrected chi connectivity index (χ2v) is 8.80. The topological polar surface area (TPSA) is 108 Å². The van der Waals surface area contributed by atoms with E-state index in [4.69, 9.17) is 4.74 Å². The maximum absolute atomic E-state index is 13.9. The number of benzene rings is 2. The van der Waals surface area contributed by atoms with E-state index in [-0.39, 0.29) is 55.6 Å². The lowest BCUT2D eigenvalue weighted by Gasteiger charge is -2.40. The number of nitrogens with one attached hydrogen (secondary N) is 2. The van der Waals surface area contributed by atoms with Gasteiger partial charge in [-0.25, -0.2) is 13.6 Å². The van der Waals surface area contributed by atoms with E-state index in [1.165, 1.54) is 29.2 Å². The van der Waals surface area contributed by atoms with Crippen LogP contribution in [0.3, 0.4) is 0 Å². The minimum Gasteiger partial charge on any atom is -0.480 e. The Hall–Kier alpha value is -4.28. The Morgan fingerprint density at radius 1 is 0.972 bits per heavy atom. The van der Waals surface area contributed by atoms with Crippen LogP contribution in [0.4, 0.5) is 13.6 Å². The molecule has 2 atom stereocenters. The van der Waals surface area contributed by atoms with Crippen LogP contribution in [0.5, 0.6) is 5.75 Å². The molecule has 2 N–H and O–H groups in total. The van der Waals surface area contributed by atoms with Gasteiger partial charge in [0.1, 0.15) is 17.4 Å². The average Bonchev–Trinajstić information content (AvgIpc) is 3.16. The number of ether oxygens (including phenoxy) is 1. The zero-order chi connectivity index (χ0) is 25.4. The molecule has 2 aromatic carbocycles. The standard InChI is InChI=1S/C25H22F2N4O5/c26-16-4-1-15(2-5-16)3-8-21(32)30-9-11-31(12-10-30)22(33)20-14-25(23(34)28-24(35)29-25)18-13-17(27)6-7-19(18)36-20/h1-8,13,20H,9-12,14H2,(H2,28,29,34,35)/t20-,25-/m0/s1. The van der Waals surface area contributed by atoms with Crippen LogP contribution in [0.2, 0.25) is 0 Å². The number of hydrogen-bond donors (Lipinski definition) is 2. The van der Waals surface area contributed by atoms with E-state index in [0.717, 1.165) is 12.1 Å². The van der Waals surface area contributed by atoms with Crippen LogP contribution in [-0.4, -0.2) is 65.8 Å². The molecule has 11 heteroatoms. The Morgan fingerprint density at radius 2 is 1.64 bits per heavy atom. The number of piperazine rings is 1. The SMILES string of the molecule is O=C1NC(=O)[C@@]2(C[C@@H](C(=O)N3CCN(C(=O)C=Cc4ccc(F)cc4)CC3)Oc3ccc(F)cc32)N1. The van der Waals surface area contributed by atoms with E-state index in [0.29, 0.717) is 5.56 Å². The fourth-order valence-electron chi connectivity index (χ4n) is 4.68. The van der Waals surface area contributed by atoms with Gasteiger partial charge >= 0.3 is 6.03 Å². The zero-order valence-electron chi connectivity index (χ0n) is 19.0. The van der Waals surface area contributed by atoms with Crippen LogP contribution in [0, 0.1) is 11.6 Å². The van der Waals surface area contributed by atoms with Crippen LogP contribution in [0.25, 0.3) is 6.08 Å². The minimum absolute atomic E-state index is 0.137. The molecule has 1 spiro atoms. The molecule has 9 nitrogen and oxygen atoms in total. The summed E-state index contributed by atoms with van der Waals surface area (Å²) in [5.41, 5.74) is -0.779. The van der Waals surface area contributed by atoms with Gasteiger partial charge in [-0.05, 0) is 42.0 Å². The summed E-state index contributed by atoms with van der Waals surface area (Å²) in [6.07, 6.45) is 1.71. The third-order valence-corrected chi connectivity index (χ3v) is 6.57. The smallest absolute Gasteiger partial charge is 0.322 e. The maximum atomic E-state index is 13.9. The van der Waals surface area contributed by atoms with Gasteiger partial charge in [0.05, 0.1) is 0 Å². The van der Waals surface area contributed by atoms with E-state index in [2.05, 4.69) is 10.6 Å². The van der Waals surface area contributed by atoms with E-state index < -0.39 is 35.3 Å². The van der Waals surface area contributed by atoms with Gasteiger partial charge in [0, 0.05) is 44.2 Å². The highest BCUT2D eigenvalue weighted by atomic mass is 19.1. The van der Waals surface area contributed by atoms with Gasteiger partial charge in [0.15, 0.2) is 11.6 Å². The Kier molecular flexibility index (Phi) is 5.91. The molecule has 0 aromatic heterocycles. The third kappa shape index (κ3) is 4.28. The van der Waals surface area contributed by atoms with Crippen molar-refractivity contribution < 1.29 is 32.7 Å². The Balaban J connectivity index is 1.26. The average molecular weight is 496 g/mol. The number of rotatable bonds is 3. The largest absolute Gasteiger partial charge is 0.480 e. The van der Waals surface area contributed by atoms with Crippen LogP contribution in [-0.2, 0) is 19.9 Å². The zero-order valence-corrected chi connectivity index (χ0v) is 19.0. The summed E-state index contributed by atoms with van der Waals surface area (Å²) in [5, 5.41) is 4.70. The van der Waals surface area contributed by atoms with Crippen molar-refractivity contribution in [2.24, 2.45) is 0 Å². The van der Waals surface area contributed by atoms with Gasteiger partial charge < -0.3 is 19.9 Å². The molecule has 186 valence electrons. The monoisotopic (exact) mass is 496 g/mol.